The molecule has 5 aromatic rings. The highest BCUT2D eigenvalue weighted by Gasteiger charge is 2.23. The fourth-order valence-electron chi connectivity index (χ4n) is 5.34. The van der Waals surface area contributed by atoms with Crippen LogP contribution < -0.4 is 0 Å². The summed E-state index contributed by atoms with van der Waals surface area (Å²) in [6.07, 6.45) is 2.38. The van der Waals surface area contributed by atoms with Gasteiger partial charge in [-0.05, 0) is 57.0 Å². The van der Waals surface area contributed by atoms with Gasteiger partial charge < -0.3 is 9.13 Å². The molecule has 32 heavy (non-hydrogen) atoms. The van der Waals surface area contributed by atoms with Gasteiger partial charge >= 0.3 is 0 Å². The molecule has 2 nitrogen and oxygen atoms in total. The third-order valence-corrected chi connectivity index (χ3v) is 6.74. The van der Waals surface area contributed by atoms with Crippen LogP contribution in [-0.2, 0) is 13.1 Å². The minimum Gasteiger partial charge on any atom is -0.345 e. The van der Waals surface area contributed by atoms with Crippen molar-refractivity contribution in [1.29, 1.82) is 0 Å². The van der Waals surface area contributed by atoms with Crippen molar-refractivity contribution < 1.29 is 0 Å². The molecule has 0 bridgehead atoms. The SMILES string of the molecule is CCn1c(C)c(C(=Cc2ccccc2)c2c(C)n(CC)c3ccccc23)c2ccccc21. The molecule has 0 amide bonds. The average molecular weight is 419 g/mol. The molecule has 0 N–H and O–H groups in total. The van der Waals surface area contributed by atoms with Gasteiger partial charge in [0.1, 0.15) is 0 Å². The van der Waals surface area contributed by atoms with E-state index in [0.717, 1.165) is 13.1 Å². The Labute approximate surface area is 190 Å². The van der Waals surface area contributed by atoms with Crippen LogP contribution in [0.25, 0.3) is 33.5 Å². The number of rotatable bonds is 5. The van der Waals surface area contributed by atoms with Crippen LogP contribution in [0.4, 0.5) is 0 Å². The lowest BCUT2D eigenvalue weighted by molar-refractivity contribution is 0.766. The molecule has 160 valence electrons. The van der Waals surface area contributed by atoms with E-state index in [4.69, 9.17) is 0 Å². The zero-order valence-corrected chi connectivity index (χ0v) is 19.4. The molecule has 3 aromatic carbocycles. The highest BCUT2D eigenvalue weighted by Crippen LogP contribution is 2.41. The maximum atomic E-state index is 2.44. The Balaban J connectivity index is 1.93. The van der Waals surface area contributed by atoms with E-state index in [-0.39, 0.29) is 0 Å². The summed E-state index contributed by atoms with van der Waals surface area (Å²) in [6.45, 7) is 10.9. The molecule has 0 saturated heterocycles. The zero-order chi connectivity index (χ0) is 22.2. The molecule has 2 aromatic heterocycles. The number of para-hydroxylation sites is 2. The molecule has 0 radical (unpaired) electrons. The smallest absolute Gasteiger partial charge is 0.0488 e. The van der Waals surface area contributed by atoms with Crippen molar-refractivity contribution in [3.05, 3.63) is 107 Å². The van der Waals surface area contributed by atoms with Crippen LogP contribution in [0.2, 0.25) is 0 Å². The maximum absolute atomic E-state index is 2.44. The number of hydrogen-bond acceptors (Lipinski definition) is 0. The second-order valence-electron chi connectivity index (χ2n) is 8.41. The largest absolute Gasteiger partial charge is 0.345 e. The number of fused-ring (bicyclic) bond motifs is 2. The Bertz CT molecular complexity index is 1360. The van der Waals surface area contributed by atoms with Crippen molar-refractivity contribution in [2.24, 2.45) is 0 Å². The van der Waals surface area contributed by atoms with E-state index in [2.05, 4.69) is 122 Å². The van der Waals surface area contributed by atoms with Gasteiger partial charge in [0.05, 0.1) is 0 Å². The molecule has 0 aliphatic carbocycles. The van der Waals surface area contributed by atoms with Crippen molar-refractivity contribution in [2.75, 3.05) is 0 Å². The molecule has 0 aliphatic rings. The van der Waals surface area contributed by atoms with Crippen LogP contribution in [0, 0.1) is 13.8 Å². The maximum Gasteiger partial charge on any atom is 0.0488 e. The second-order valence-corrected chi connectivity index (χ2v) is 8.41. The minimum atomic E-state index is 0.959. The van der Waals surface area contributed by atoms with Crippen LogP contribution >= 0.6 is 0 Å². The predicted molar refractivity (Wildman–Crippen MR) is 138 cm³/mol. The van der Waals surface area contributed by atoms with Gasteiger partial charge in [-0.25, -0.2) is 0 Å². The topological polar surface area (TPSA) is 9.86 Å². The highest BCUT2D eigenvalue weighted by molar-refractivity contribution is 6.09. The molecular weight excluding hydrogens is 388 g/mol. The van der Waals surface area contributed by atoms with E-state index in [1.165, 1.54) is 55.5 Å². The summed E-state index contributed by atoms with van der Waals surface area (Å²) < 4.78 is 4.88. The summed E-state index contributed by atoms with van der Waals surface area (Å²) in [5, 5.41) is 2.64. The molecule has 0 unspecified atom stereocenters. The molecule has 5 rings (SSSR count). The summed E-state index contributed by atoms with van der Waals surface area (Å²) >= 11 is 0. The van der Waals surface area contributed by atoms with Crippen LogP contribution in [0.5, 0.6) is 0 Å². The van der Waals surface area contributed by atoms with Gasteiger partial charge in [-0.15, -0.1) is 0 Å². The molecule has 0 aliphatic heterocycles. The number of nitrogens with zero attached hydrogens (tertiary/aromatic N) is 2. The summed E-state index contributed by atoms with van der Waals surface area (Å²) in [6, 6.07) is 28.4. The van der Waals surface area contributed by atoms with E-state index < -0.39 is 0 Å². The second kappa shape index (κ2) is 8.20. The fourth-order valence-corrected chi connectivity index (χ4v) is 5.34. The minimum absolute atomic E-state index is 0.959. The van der Waals surface area contributed by atoms with E-state index in [9.17, 15) is 0 Å². The van der Waals surface area contributed by atoms with Crippen molar-refractivity contribution in [3.8, 4) is 0 Å². The number of aromatic nitrogens is 2. The Morgan fingerprint density at radius 2 is 1.06 bits per heavy atom. The summed E-state index contributed by atoms with van der Waals surface area (Å²) in [5.74, 6) is 0. The van der Waals surface area contributed by atoms with Gasteiger partial charge in [0.15, 0.2) is 0 Å². The van der Waals surface area contributed by atoms with Crippen LogP contribution in [0.15, 0.2) is 78.9 Å². The van der Waals surface area contributed by atoms with Crippen LogP contribution in [0.1, 0.15) is 41.9 Å². The van der Waals surface area contributed by atoms with Gasteiger partial charge in [-0.3, -0.25) is 0 Å². The highest BCUT2D eigenvalue weighted by atomic mass is 15.0. The third kappa shape index (κ3) is 3.10. The zero-order valence-electron chi connectivity index (χ0n) is 19.4. The Morgan fingerprint density at radius 3 is 1.53 bits per heavy atom. The van der Waals surface area contributed by atoms with Crippen LogP contribution in [0.3, 0.4) is 0 Å². The van der Waals surface area contributed by atoms with Crippen LogP contribution in [-0.4, -0.2) is 9.13 Å². The first-order chi connectivity index (χ1) is 15.7. The lowest BCUT2D eigenvalue weighted by atomic mass is 9.91. The number of benzene rings is 3. The lowest BCUT2D eigenvalue weighted by Gasteiger charge is -2.13. The van der Waals surface area contributed by atoms with Crippen molar-refractivity contribution in [2.45, 2.75) is 40.8 Å². The standard InChI is InChI=1S/C30H30N2/c1-5-31-21(3)29(24-16-10-12-18-27(24)31)26(20-23-14-8-7-9-15-23)30-22(4)32(6-2)28-19-13-11-17-25(28)30/h7-20H,5-6H2,1-4H3. The first kappa shape index (κ1) is 20.4. The molecule has 0 atom stereocenters. The molecular formula is C30H30N2. The monoisotopic (exact) mass is 418 g/mol. The normalized spacial score (nSPS) is 11.4. The first-order valence-electron chi connectivity index (χ1n) is 11.6. The molecule has 0 fully saturated rings. The lowest BCUT2D eigenvalue weighted by Crippen LogP contribution is -2.00. The number of aryl methyl sites for hydroxylation is 2. The van der Waals surface area contributed by atoms with Crippen molar-refractivity contribution >= 4 is 33.5 Å². The summed E-state index contributed by atoms with van der Waals surface area (Å²) in [5.41, 5.74) is 10.5. The summed E-state index contributed by atoms with van der Waals surface area (Å²) in [4.78, 5) is 0. The fraction of sp³-hybridized carbons (Fsp3) is 0.200. The summed E-state index contributed by atoms with van der Waals surface area (Å²) in [7, 11) is 0. The van der Waals surface area contributed by atoms with Gasteiger partial charge in [0.25, 0.3) is 0 Å². The Hall–Kier alpha value is -3.52. The van der Waals surface area contributed by atoms with Crippen molar-refractivity contribution in [3.63, 3.8) is 0 Å². The van der Waals surface area contributed by atoms with Gasteiger partial charge in [-0.2, -0.15) is 0 Å². The van der Waals surface area contributed by atoms with Crippen molar-refractivity contribution in [1.82, 2.24) is 9.13 Å². The van der Waals surface area contributed by atoms with Gasteiger partial charge in [-0.1, -0.05) is 66.7 Å². The average Bonchev–Trinajstić information content (AvgIpc) is 3.27. The predicted octanol–water partition coefficient (Wildman–Crippen LogP) is 7.84. The Kier molecular flexibility index (Phi) is 5.22. The van der Waals surface area contributed by atoms with E-state index in [0.29, 0.717) is 0 Å². The first-order valence-corrected chi connectivity index (χ1v) is 11.6. The Morgan fingerprint density at radius 1 is 0.625 bits per heavy atom. The molecule has 2 heterocycles. The van der Waals surface area contributed by atoms with E-state index in [1.807, 2.05) is 0 Å². The quantitative estimate of drug-likeness (QED) is 0.275. The number of hydrogen-bond donors (Lipinski definition) is 0. The van der Waals surface area contributed by atoms with E-state index in [1.54, 1.807) is 0 Å². The molecule has 0 spiro atoms. The van der Waals surface area contributed by atoms with Gasteiger partial charge in [0, 0.05) is 57.4 Å². The van der Waals surface area contributed by atoms with Gasteiger partial charge in [0.2, 0.25) is 0 Å². The van der Waals surface area contributed by atoms with E-state index >= 15 is 0 Å². The molecule has 2 heteroatoms. The molecule has 0 saturated carbocycles. The third-order valence-electron chi connectivity index (χ3n) is 6.74.